The Morgan fingerprint density at radius 3 is 2.33 bits per heavy atom. The standard InChI is InChI=1S/C22H32O8/c1-3-27-22(26)8-7-15-29-19-10-11-20(18(16-19)9-12-21(24)25)30-14-6-4-5-13-28-17(2)23/h10-11,16H,3-9,12-15H2,1-2H3,(H,24,25). The van der Waals surface area contributed by atoms with Crippen molar-refractivity contribution >= 4 is 17.9 Å². The molecule has 8 nitrogen and oxygen atoms in total. The van der Waals surface area contributed by atoms with Gasteiger partial charge in [0.1, 0.15) is 11.5 Å². The molecule has 0 fully saturated rings. The number of benzene rings is 1. The van der Waals surface area contributed by atoms with Crippen LogP contribution in [0.5, 0.6) is 11.5 Å². The Balaban J connectivity index is 2.50. The molecule has 1 rings (SSSR count). The fourth-order valence-corrected chi connectivity index (χ4v) is 2.64. The topological polar surface area (TPSA) is 108 Å². The summed E-state index contributed by atoms with van der Waals surface area (Å²) in [5, 5.41) is 8.99. The summed E-state index contributed by atoms with van der Waals surface area (Å²) in [5.41, 5.74) is 0.764. The lowest BCUT2D eigenvalue weighted by atomic mass is 10.1. The van der Waals surface area contributed by atoms with E-state index in [9.17, 15) is 14.4 Å². The zero-order valence-electron chi connectivity index (χ0n) is 17.8. The van der Waals surface area contributed by atoms with E-state index in [1.165, 1.54) is 6.92 Å². The molecule has 168 valence electrons. The number of rotatable bonds is 16. The van der Waals surface area contributed by atoms with Crippen molar-refractivity contribution in [1.29, 1.82) is 0 Å². The lowest BCUT2D eigenvalue weighted by molar-refractivity contribution is -0.143. The zero-order valence-corrected chi connectivity index (χ0v) is 17.8. The second kappa shape index (κ2) is 15.1. The van der Waals surface area contributed by atoms with Gasteiger partial charge in [0.15, 0.2) is 0 Å². The van der Waals surface area contributed by atoms with Crippen LogP contribution in [0.15, 0.2) is 18.2 Å². The van der Waals surface area contributed by atoms with Crippen molar-refractivity contribution in [2.45, 2.75) is 58.8 Å². The summed E-state index contributed by atoms with van der Waals surface area (Å²) >= 11 is 0. The number of aryl methyl sites for hydroxylation is 1. The van der Waals surface area contributed by atoms with Gasteiger partial charge in [-0.3, -0.25) is 14.4 Å². The molecular weight excluding hydrogens is 392 g/mol. The normalized spacial score (nSPS) is 10.3. The van der Waals surface area contributed by atoms with Gasteiger partial charge in [-0.1, -0.05) is 0 Å². The molecule has 30 heavy (non-hydrogen) atoms. The lowest BCUT2D eigenvalue weighted by Gasteiger charge is -2.14. The first-order valence-corrected chi connectivity index (χ1v) is 10.3. The minimum absolute atomic E-state index is 0.00887. The molecule has 0 radical (unpaired) electrons. The van der Waals surface area contributed by atoms with Crippen molar-refractivity contribution in [2.75, 3.05) is 26.4 Å². The van der Waals surface area contributed by atoms with Crippen molar-refractivity contribution in [3.63, 3.8) is 0 Å². The predicted octanol–water partition coefficient (Wildman–Crippen LogP) is 3.54. The van der Waals surface area contributed by atoms with Crippen LogP contribution in [0.4, 0.5) is 0 Å². The summed E-state index contributed by atoms with van der Waals surface area (Å²) in [5.74, 6) is -0.173. The quantitative estimate of drug-likeness (QED) is 0.317. The van der Waals surface area contributed by atoms with E-state index < -0.39 is 5.97 Å². The maximum absolute atomic E-state index is 11.3. The van der Waals surface area contributed by atoms with Crippen molar-refractivity contribution in [1.82, 2.24) is 0 Å². The van der Waals surface area contributed by atoms with Crippen LogP contribution in [0.3, 0.4) is 0 Å². The number of esters is 2. The third-order valence-electron chi connectivity index (χ3n) is 4.09. The van der Waals surface area contributed by atoms with Gasteiger partial charge in [-0.15, -0.1) is 0 Å². The third-order valence-corrected chi connectivity index (χ3v) is 4.09. The van der Waals surface area contributed by atoms with Gasteiger partial charge < -0.3 is 24.1 Å². The molecule has 1 aromatic carbocycles. The van der Waals surface area contributed by atoms with Crippen LogP contribution in [0, 0.1) is 0 Å². The molecule has 0 heterocycles. The van der Waals surface area contributed by atoms with Crippen LogP contribution < -0.4 is 9.47 Å². The molecule has 0 aliphatic heterocycles. The number of carbonyl (C=O) groups is 3. The van der Waals surface area contributed by atoms with E-state index in [1.54, 1.807) is 25.1 Å². The summed E-state index contributed by atoms with van der Waals surface area (Å²) in [7, 11) is 0. The fraction of sp³-hybridized carbons (Fsp3) is 0.591. The average molecular weight is 424 g/mol. The number of carboxylic acids is 1. The van der Waals surface area contributed by atoms with Crippen molar-refractivity contribution in [2.24, 2.45) is 0 Å². The number of ether oxygens (including phenoxy) is 4. The summed E-state index contributed by atoms with van der Waals surface area (Å²) < 4.78 is 21.3. The van der Waals surface area contributed by atoms with Gasteiger partial charge in [-0.25, -0.2) is 0 Å². The van der Waals surface area contributed by atoms with Crippen LogP contribution in [-0.4, -0.2) is 49.4 Å². The zero-order chi connectivity index (χ0) is 22.2. The van der Waals surface area contributed by atoms with E-state index in [4.69, 9.17) is 24.1 Å². The SMILES string of the molecule is CCOC(=O)CCCOc1ccc(OCCCCCOC(C)=O)c(CCC(=O)O)c1. The minimum Gasteiger partial charge on any atom is -0.494 e. The molecule has 0 aliphatic carbocycles. The molecule has 0 amide bonds. The summed E-state index contributed by atoms with van der Waals surface area (Å²) in [6.45, 7) is 4.76. The first kappa shape index (κ1) is 25.3. The molecule has 0 aliphatic rings. The van der Waals surface area contributed by atoms with Crippen molar-refractivity contribution < 1.29 is 38.4 Å². The van der Waals surface area contributed by atoms with E-state index in [1.807, 2.05) is 0 Å². The van der Waals surface area contributed by atoms with Crippen LogP contribution in [0.1, 0.15) is 57.9 Å². The molecule has 1 aromatic rings. The summed E-state index contributed by atoms with van der Waals surface area (Å²) in [4.78, 5) is 33.0. The third kappa shape index (κ3) is 11.9. The van der Waals surface area contributed by atoms with Crippen LogP contribution in [-0.2, 0) is 30.3 Å². The number of unbranched alkanes of at least 4 members (excludes halogenated alkanes) is 2. The molecular formula is C22H32O8. The van der Waals surface area contributed by atoms with Gasteiger partial charge in [0.05, 0.1) is 26.4 Å². The highest BCUT2D eigenvalue weighted by atomic mass is 16.5. The molecule has 0 unspecified atom stereocenters. The highest BCUT2D eigenvalue weighted by molar-refractivity contribution is 5.69. The Kier molecular flexibility index (Phi) is 12.7. The van der Waals surface area contributed by atoms with Gasteiger partial charge in [0.2, 0.25) is 0 Å². The largest absolute Gasteiger partial charge is 0.494 e. The average Bonchev–Trinajstić information content (AvgIpc) is 2.69. The Hall–Kier alpha value is -2.77. The Morgan fingerprint density at radius 2 is 1.63 bits per heavy atom. The Morgan fingerprint density at radius 1 is 0.900 bits per heavy atom. The molecule has 0 spiro atoms. The van der Waals surface area contributed by atoms with Crippen LogP contribution in [0.25, 0.3) is 0 Å². The highest BCUT2D eigenvalue weighted by Gasteiger charge is 2.09. The first-order chi connectivity index (χ1) is 14.4. The number of carboxylic acid groups (broad SMARTS) is 1. The monoisotopic (exact) mass is 424 g/mol. The van der Waals surface area contributed by atoms with Crippen LogP contribution >= 0.6 is 0 Å². The maximum Gasteiger partial charge on any atom is 0.305 e. The van der Waals surface area contributed by atoms with Crippen LogP contribution in [0.2, 0.25) is 0 Å². The van der Waals surface area contributed by atoms with E-state index in [2.05, 4.69) is 0 Å². The Bertz CT molecular complexity index is 671. The molecule has 0 aromatic heterocycles. The second-order valence-corrected chi connectivity index (χ2v) is 6.67. The molecule has 8 heteroatoms. The molecule has 1 N–H and O–H groups in total. The van der Waals surface area contributed by atoms with E-state index in [0.717, 1.165) is 24.8 Å². The summed E-state index contributed by atoms with van der Waals surface area (Å²) in [6, 6.07) is 5.32. The molecule has 0 saturated carbocycles. The van der Waals surface area contributed by atoms with E-state index in [-0.39, 0.29) is 18.4 Å². The molecule has 0 saturated heterocycles. The molecule has 0 atom stereocenters. The number of hydrogen-bond acceptors (Lipinski definition) is 7. The van der Waals surface area contributed by atoms with Gasteiger partial charge >= 0.3 is 17.9 Å². The fourth-order valence-electron chi connectivity index (χ4n) is 2.64. The van der Waals surface area contributed by atoms with Crippen molar-refractivity contribution in [3.05, 3.63) is 23.8 Å². The lowest BCUT2D eigenvalue weighted by Crippen LogP contribution is -2.07. The minimum atomic E-state index is -0.882. The smallest absolute Gasteiger partial charge is 0.305 e. The van der Waals surface area contributed by atoms with Gasteiger partial charge in [-0.2, -0.15) is 0 Å². The second-order valence-electron chi connectivity index (χ2n) is 6.67. The number of hydrogen-bond donors (Lipinski definition) is 1. The number of carbonyl (C=O) groups excluding carboxylic acids is 2. The van der Waals surface area contributed by atoms with Gasteiger partial charge in [0.25, 0.3) is 0 Å². The highest BCUT2D eigenvalue weighted by Crippen LogP contribution is 2.26. The van der Waals surface area contributed by atoms with Gasteiger partial charge in [-0.05, 0) is 62.8 Å². The van der Waals surface area contributed by atoms with E-state index >= 15 is 0 Å². The number of aliphatic carboxylic acids is 1. The predicted molar refractivity (Wildman–Crippen MR) is 110 cm³/mol. The van der Waals surface area contributed by atoms with Gasteiger partial charge in [0, 0.05) is 19.8 Å². The first-order valence-electron chi connectivity index (χ1n) is 10.3. The summed E-state index contributed by atoms with van der Waals surface area (Å²) in [6.07, 6.45) is 3.58. The van der Waals surface area contributed by atoms with E-state index in [0.29, 0.717) is 57.2 Å². The molecule has 0 bridgehead atoms. The maximum atomic E-state index is 11.3. The van der Waals surface area contributed by atoms with Crippen molar-refractivity contribution in [3.8, 4) is 11.5 Å². The Labute approximate surface area is 177 Å².